The summed E-state index contributed by atoms with van der Waals surface area (Å²) in [7, 11) is 2.03. The maximum atomic E-state index is 12.2. The second kappa shape index (κ2) is 8.69. The molecule has 1 aromatic carbocycles. The zero-order valence-electron chi connectivity index (χ0n) is 14.6. The maximum absolute atomic E-state index is 12.2. The van der Waals surface area contributed by atoms with Crippen molar-refractivity contribution in [2.24, 2.45) is 7.05 Å². The molecular weight excluding hydrogens is 318 g/mol. The van der Waals surface area contributed by atoms with Gasteiger partial charge in [-0.1, -0.05) is 18.2 Å². The SMILES string of the molecule is Cn1cccc1[C@H](CNC(=O)COc1ccccc1)N1CCOCC1. The van der Waals surface area contributed by atoms with E-state index in [1.54, 1.807) is 0 Å². The number of ether oxygens (including phenoxy) is 2. The highest BCUT2D eigenvalue weighted by Gasteiger charge is 2.24. The topological polar surface area (TPSA) is 55.7 Å². The van der Waals surface area contributed by atoms with Gasteiger partial charge in [0, 0.05) is 38.6 Å². The Kier molecular flexibility index (Phi) is 6.09. The van der Waals surface area contributed by atoms with Gasteiger partial charge in [-0.3, -0.25) is 9.69 Å². The van der Waals surface area contributed by atoms with Gasteiger partial charge in [0.15, 0.2) is 6.61 Å². The number of rotatable bonds is 7. The van der Waals surface area contributed by atoms with Crippen LogP contribution in [0.4, 0.5) is 0 Å². The number of carbonyl (C=O) groups is 1. The molecule has 0 radical (unpaired) electrons. The van der Waals surface area contributed by atoms with Crippen LogP contribution in [0.5, 0.6) is 5.75 Å². The van der Waals surface area contributed by atoms with Crippen LogP contribution in [-0.2, 0) is 16.6 Å². The minimum atomic E-state index is -0.115. The van der Waals surface area contributed by atoms with E-state index in [0.717, 1.165) is 26.3 Å². The number of morpholine rings is 1. The molecule has 3 rings (SSSR count). The van der Waals surface area contributed by atoms with Crippen molar-refractivity contribution < 1.29 is 14.3 Å². The normalized spacial score (nSPS) is 16.4. The third-order valence-corrected chi connectivity index (χ3v) is 4.42. The zero-order valence-corrected chi connectivity index (χ0v) is 14.6. The molecule has 2 aromatic rings. The fourth-order valence-corrected chi connectivity index (χ4v) is 3.06. The Morgan fingerprint density at radius 3 is 2.64 bits per heavy atom. The van der Waals surface area contributed by atoms with Crippen molar-refractivity contribution in [3.8, 4) is 5.75 Å². The molecule has 0 saturated carbocycles. The molecule has 1 aliphatic rings. The lowest BCUT2D eigenvalue weighted by Gasteiger charge is -2.34. The smallest absolute Gasteiger partial charge is 0.258 e. The van der Waals surface area contributed by atoms with Gasteiger partial charge in [0.25, 0.3) is 5.91 Å². The average Bonchev–Trinajstić information content (AvgIpc) is 3.08. The van der Waals surface area contributed by atoms with Crippen molar-refractivity contribution in [2.45, 2.75) is 6.04 Å². The average molecular weight is 343 g/mol. The Morgan fingerprint density at radius 2 is 1.96 bits per heavy atom. The third-order valence-electron chi connectivity index (χ3n) is 4.42. The molecule has 0 spiro atoms. The van der Waals surface area contributed by atoms with Crippen LogP contribution in [-0.4, -0.2) is 54.8 Å². The minimum Gasteiger partial charge on any atom is -0.484 e. The summed E-state index contributed by atoms with van der Waals surface area (Å²) in [5.41, 5.74) is 1.19. The molecule has 1 aromatic heterocycles. The molecule has 1 amide bonds. The third kappa shape index (κ3) is 4.84. The van der Waals surface area contributed by atoms with E-state index >= 15 is 0 Å². The lowest BCUT2D eigenvalue weighted by molar-refractivity contribution is -0.123. The van der Waals surface area contributed by atoms with Crippen molar-refractivity contribution in [3.63, 3.8) is 0 Å². The number of benzene rings is 1. The zero-order chi connectivity index (χ0) is 17.5. The van der Waals surface area contributed by atoms with Crippen LogP contribution >= 0.6 is 0 Å². The van der Waals surface area contributed by atoms with Gasteiger partial charge in [-0.05, 0) is 24.3 Å². The largest absolute Gasteiger partial charge is 0.484 e. The second-order valence-corrected chi connectivity index (χ2v) is 6.11. The fraction of sp³-hybridized carbons (Fsp3) is 0.421. The number of aryl methyl sites for hydroxylation is 1. The van der Waals surface area contributed by atoms with Crippen LogP contribution in [0.3, 0.4) is 0 Å². The van der Waals surface area contributed by atoms with E-state index in [0.29, 0.717) is 12.3 Å². The molecule has 1 N–H and O–H groups in total. The maximum Gasteiger partial charge on any atom is 0.258 e. The summed E-state index contributed by atoms with van der Waals surface area (Å²) in [6.45, 7) is 3.76. The van der Waals surface area contributed by atoms with Crippen molar-refractivity contribution in [1.82, 2.24) is 14.8 Å². The molecule has 134 valence electrons. The molecule has 0 aliphatic carbocycles. The first kappa shape index (κ1) is 17.5. The highest BCUT2D eigenvalue weighted by Crippen LogP contribution is 2.21. The van der Waals surface area contributed by atoms with E-state index in [1.807, 2.05) is 49.6 Å². The standard InChI is InChI=1S/C19H25N3O3/c1-21-9-5-8-17(21)18(22-10-12-24-13-11-22)14-20-19(23)15-25-16-6-3-2-4-7-16/h2-9,18H,10-15H2,1H3,(H,20,23)/t18-/m0/s1. The summed E-state index contributed by atoms with van der Waals surface area (Å²) in [4.78, 5) is 14.5. The number of nitrogens with zero attached hydrogens (tertiary/aromatic N) is 2. The molecule has 1 fully saturated rings. The van der Waals surface area contributed by atoms with Gasteiger partial charge in [-0.25, -0.2) is 0 Å². The van der Waals surface area contributed by atoms with Crippen molar-refractivity contribution in [1.29, 1.82) is 0 Å². The minimum absolute atomic E-state index is 0.0208. The van der Waals surface area contributed by atoms with Gasteiger partial charge in [0.1, 0.15) is 5.75 Å². The van der Waals surface area contributed by atoms with Crippen LogP contribution in [0.15, 0.2) is 48.7 Å². The van der Waals surface area contributed by atoms with E-state index in [2.05, 4.69) is 20.9 Å². The van der Waals surface area contributed by atoms with Gasteiger partial charge >= 0.3 is 0 Å². The summed E-state index contributed by atoms with van der Waals surface area (Å²) in [6, 6.07) is 13.6. The summed E-state index contributed by atoms with van der Waals surface area (Å²) in [5, 5.41) is 3.01. The van der Waals surface area contributed by atoms with Gasteiger partial charge in [-0.15, -0.1) is 0 Å². The van der Waals surface area contributed by atoms with Gasteiger partial charge in [0.2, 0.25) is 0 Å². The van der Waals surface area contributed by atoms with E-state index < -0.39 is 0 Å². The Labute approximate surface area is 148 Å². The quantitative estimate of drug-likeness (QED) is 0.830. The number of carbonyl (C=O) groups excluding carboxylic acids is 1. The van der Waals surface area contributed by atoms with Gasteiger partial charge in [0.05, 0.1) is 19.3 Å². The first-order valence-electron chi connectivity index (χ1n) is 8.61. The number of aromatic nitrogens is 1. The number of amides is 1. The monoisotopic (exact) mass is 343 g/mol. The lowest BCUT2D eigenvalue weighted by atomic mass is 10.1. The highest BCUT2D eigenvalue weighted by molar-refractivity contribution is 5.77. The van der Waals surface area contributed by atoms with E-state index in [4.69, 9.17) is 9.47 Å². The predicted octanol–water partition coefficient (Wildman–Crippen LogP) is 1.59. The lowest BCUT2D eigenvalue weighted by Crippen LogP contribution is -2.45. The fourth-order valence-electron chi connectivity index (χ4n) is 3.06. The highest BCUT2D eigenvalue weighted by atomic mass is 16.5. The number of hydrogen-bond acceptors (Lipinski definition) is 4. The number of hydrogen-bond donors (Lipinski definition) is 1. The van der Waals surface area contributed by atoms with E-state index in [-0.39, 0.29) is 18.6 Å². The van der Waals surface area contributed by atoms with E-state index in [9.17, 15) is 4.79 Å². The van der Waals surface area contributed by atoms with Gasteiger partial charge in [-0.2, -0.15) is 0 Å². The molecule has 6 nitrogen and oxygen atoms in total. The predicted molar refractivity (Wildman–Crippen MR) is 95.5 cm³/mol. The van der Waals surface area contributed by atoms with Crippen LogP contribution in [0.2, 0.25) is 0 Å². The van der Waals surface area contributed by atoms with Crippen LogP contribution in [0.1, 0.15) is 11.7 Å². The second-order valence-electron chi connectivity index (χ2n) is 6.11. The van der Waals surface area contributed by atoms with Crippen molar-refractivity contribution >= 4 is 5.91 Å². The molecule has 1 aliphatic heterocycles. The van der Waals surface area contributed by atoms with Crippen molar-refractivity contribution in [3.05, 3.63) is 54.4 Å². The molecule has 0 unspecified atom stereocenters. The summed E-state index contributed by atoms with van der Waals surface area (Å²) in [6.07, 6.45) is 2.03. The Balaban J connectivity index is 1.56. The van der Waals surface area contributed by atoms with Crippen LogP contribution in [0, 0.1) is 0 Å². The first-order chi connectivity index (χ1) is 12.2. The molecule has 25 heavy (non-hydrogen) atoms. The Hall–Kier alpha value is -2.31. The van der Waals surface area contributed by atoms with Gasteiger partial charge < -0.3 is 19.4 Å². The summed E-state index contributed by atoms with van der Waals surface area (Å²) < 4.78 is 13.1. The molecule has 1 saturated heterocycles. The van der Waals surface area contributed by atoms with Crippen LogP contribution in [0.25, 0.3) is 0 Å². The molecular formula is C19H25N3O3. The molecule has 2 heterocycles. The molecule has 0 bridgehead atoms. The molecule has 1 atom stereocenters. The van der Waals surface area contributed by atoms with Crippen LogP contribution < -0.4 is 10.1 Å². The Bertz CT molecular complexity index is 666. The summed E-state index contributed by atoms with van der Waals surface area (Å²) in [5.74, 6) is 0.584. The molecule has 6 heteroatoms. The first-order valence-corrected chi connectivity index (χ1v) is 8.61. The Morgan fingerprint density at radius 1 is 1.20 bits per heavy atom. The number of nitrogens with one attached hydrogen (secondary N) is 1. The number of para-hydroxylation sites is 1. The van der Waals surface area contributed by atoms with E-state index in [1.165, 1.54) is 5.69 Å². The van der Waals surface area contributed by atoms with Crippen molar-refractivity contribution in [2.75, 3.05) is 39.5 Å². The summed E-state index contributed by atoms with van der Waals surface area (Å²) >= 11 is 0.